The first kappa shape index (κ1) is 16.5. The monoisotopic (exact) mass is 311 g/mol. The minimum absolute atomic E-state index is 0.0392. The number of benzene rings is 1. The summed E-state index contributed by atoms with van der Waals surface area (Å²) in [5.74, 6) is -0.528. The molecule has 1 heterocycles. The lowest BCUT2D eigenvalue weighted by molar-refractivity contribution is 0.0635. The summed E-state index contributed by atoms with van der Waals surface area (Å²) in [6.07, 6.45) is -0.727. The molecule has 22 heavy (non-hydrogen) atoms. The van der Waals surface area contributed by atoms with Crippen LogP contribution in [0.4, 0.5) is 20.6 Å². The number of nitrogens with zero attached hydrogens (tertiary/aromatic N) is 1. The Balaban J connectivity index is 2.02. The van der Waals surface area contributed by atoms with E-state index in [1.165, 1.54) is 12.1 Å². The van der Waals surface area contributed by atoms with Crippen molar-refractivity contribution in [2.45, 2.75) is 32.5 Å². The highest BCUT2D eigenvalue weighted by Crippen LogP contribution is 2.25. The Morgan fingerprint density at radius 1 is 1.55 bits per heavy atom. The summed E-state index contributed by atoms with van der Waals surface area (Å²) >= 11 is 0. The molecular formula is C15H22FN3O3. The normalized spacial score (nSPS) is 18.4. The van der Waals surface area contributed by atoms with Gasteiger partial charge in [-0.1, -0.05) is 0 Å². The van der Waals surface area contributed by atoms with Crippen molar-refractivity contribution >= 4 is 17.5 Å². The number of hydrogen-bond donors (Lipinski definition) is 2. The highest BCUT2D eigenvalue weighted by atomic mass is 19.1. The highest BCUT2D eigenvalue weighted by Gasteiger charge is 2.23. The molecule has 1 fully saturated rings. The summed E-state index contributed by atoms with van der Waals surface area (Å²) in [7, 11) is 0. The molecule has 0 aliphatic carbocycles. The molecule has 1 atom stereocenters. The number of nitrogens with two attached hydrogens (primary N) is 1. The lowest BCUT2D eigenvalue weighted by Crippen LogP contribution is -2.28. The molecule has 1 saturated heterocycles. The molecule has 0 radical (unpaired) electrons. The number of carbonyl (C=O) groups excluding carboxylic acids is 1. The first-order valence-corrected chi connectivity index (χ1v) is 7.14. The van der Waals surface area contributed by atoms with Gasteiger partial charge in [-0.3, -0.25) is 5.32 Å². The van der Waals surface area contributed by atoms with Crippen LogP contribution in [0.5, 0.6) is 0 Å². The predicted octanol–water partition coefficient (Wildman–Crippen LogP) is 2.29. The third-order valence-corrected chi connectivity index (χ3v) is 3.11. The summed E-state index contributed by atoms with van der Waals surface area (Å²) in [6, 6.07) is 4.58. The molecule has 1 amide bonds. The van der Waals surface area contributed by atoms with Crippen LogP contribution in [0.1, 0.15) is 20.8 Å². The van der Waals surface area contributed by atoms with Crippen molar-refractivity contribution in [2.75, 3.05) is 30.0 Å². The SMILES string of the molecule is CC(C)(C)OC(=O)Nc1ccc(N2CO[C@@H](CN)C2)cc1F. The number of nitrogens with one attached hydrogen (secondary N) is 1. The van der Waals surface area contributed by atoms with Crippen LogP contribution in [-0.4, -0.2) is 37.6 Å². The molecule has 0 spiro atoms. The molecule has 1 aliphatic rings. The van der Waals surface area contributed by atoms with E-state index in [-0.39, 0.29) is 11.8 Å². The van der Waals surface area contributed by atoms with Crippen molar-refractivity contribution in [2.24, 2.45) is 5.73 Å². The van der Waals surface area contributed by atoms with E-state index < -0.39 is 17.5 Å². The maximum Gasteiger partial charge on any atom is 0.412 e. The van der Waals surface area contributed by atoms with Crippen LogP contribution < -0.4 is 16.0 Å². The molecule has 122 valence electrons. The molecule has 0 aromatic heterocycles. The third-order valence-electron chi connectivity index (χ3n) is 3.11. The van der Waals surface area contributed by atoms with Gasteiger partial charge in [-0.05, 0) is 39.0 Å². The van der Waals surface area contributed by atoms with Crippen LogP contribution in [0.15, 0.2) is 18.2 Å². The van der Waals surface area contributed by atoms with Gasteiger partial charge in [0.25, 0.3) is 0 Å². The maximum atomic E-state index is 14.1. The Morgan fingerprint density at radius 2 is 2.27 bits per heavy atom. The topological polar surface area (TPSA) is 76.8 Å². The van der Waals surface area contributed by atoms with Crippen LogP contribution >= 0.6 is 0 Å². The maximum absolute atomic E-state index is 14.1. The summed E-state index contributed by atoms with van der Waals surface area (Å²) in [5.41, 5.74) is 5.67. The summed E-state index contributed by atoms with van der Waals surface area (Å²) in [5, 5.41) is 2.40. The second-order valence-electron chi connectivity index (χ2n) is 6.17. The van der Waals surface area contributed by atoms with Gasteiger partial charge < -0.3 is 20.1 Å². The van der Waals surface area contributed by atoms with E-state index in [9.17, 15) is 9.18 Å². The molecule has 0 bridgehead atoms. The van der Waals surface area contributed by atoms with Crippen LogP contribution in [0, 0.1) is 5.82 Å². The number of carbonyl (C=O) groups is 1. The number of rotatable bonds is 3. The number of ether oxygens (including phenoxy) is 2. The highest BCUT2D eigenvalue weighted by molar-refractivity contribution is 5.85. The fourth-order valence-corrected chi connectivity index (χ4v) is 2.08. The lowest BCUT2D eigenvalue weighted by Gasteiger charge is -2.20. The molecule has 3 N–H and O–H groups in total. The molecule has 2 rings (SSSR count). The average Bonchev–Trinajstić information content (AvgIpc) is 2.87. The van der Waals surface area contributed by atoms with E-state index in [1.807, 2.05) is 4.90 Å². The van der Waals surface area contributed by atoms with Crippen LogP contribution in [0.3, 0.4) is 0 Å². The zero-order chi connectivity index (χ0) is 16.3. The van der Waals surface area contributed by atoms with Crippen molar-refractivity contribution in [3.05, 3.63) is 24.0 Å². The molecular weight excluding hydrogens is 289 g/mol. The number of halogens is 1. The number of amides is 1. The number of hydrogen-bond acceptors (Lipinski definition) is 5. The van der Waals surface area contributed by atoms with E-state index in [0.717, 1.165) is 0 Å². The van der Waals surface area contributed by atoms with E-state index in [0.29, 0.717) is 25.5 Å². The molecule has 1 aliphatic heterocycles. The second kappa shape index (κ2) is 6.50. The predicted molar refractivity (Wildman–Crippen MR) is 82.4 cm³/mol. The first-order chi connectivity index (χ1) is 10.3. The van der Waals surface area contributed by atoms with Gasteiger partial charge >= 0.3 is 6.09 Å². The van der Waals surface area contributed by atoms with Crippen molar-refractivity contribution < 1.29 is 18.7 Å². The molecule has 0 unspecified atom stereocenters. The summed E-state index contributed by atoms with van der Waals surface area (Å²) < 4.78 is 24.7. The Labute approximate surface area is 129 Å². The van der Waals surface area contributed by atoms with Gasteiger partial charge in [0.05, 0.1) is 11.8 Å². The lowest BCUT2D eigenvalue weighted by atomic mass is 10.2. The van der Waals surface area contributed by atoms with Crippen molar-refractivity contribution in [1.82, 2.24) is 0 Å². The molecule has 7 heteroatoms. The fraction of sp³-hybridized carbons (Fsp3) is 0.533. The van der Waals surface area contributed by atoms with Gasteiger partial charge in [-0.15, -0.1) is 0 Å². The van der Waals surface area contributed by atoms with Crippen molar-refractivity contribution in [3.8, 4) is 0 Å². The number of anilines is 2. The Hall–Kier alpha value is -1.86. The molecule has 0 saturated carbocycles. The van der Waals surface area contributed by atoms with Gasteiger partial charge in [0.1, 0.15) is 18.1 Å². The van der Waals surface area contributed by atoms with Gasteiger partial charge in [-0.2, -0.15) is 0 Å². The van der Waals surface area contributed by atoms with Gasteiger partial charge in [0.2, 0.25) is 0 Å². The standard InChI is InChI=1S/C15H22FN3O3/c1-15(2,3)22-14(20)18-13-5-4-10(6-12(13)16)19-8-11(7-17)21-9-19/h4-6,11H,7-9,17H2,1-3H3,(H,18,20)/t11-/m0/s1. The van der Waals surface area contributed by atoms with Gasteiger partial charge in [0, 0.05) is 18.8 Å². The van der Waals surface area contributed by atoms with E-state index in [2.05, 4.69) is 5.32 Å². The summed E-state index contributed by atoms with van der Waals surface area (Å²) in [4.78, 5) is 13.5. The summed E-state index contributed by atoms with van der Waals surface area (Å²) in [6.45, 7) is 6.65. The van der Waals surface area contributed by atoms with Crippen molar-refractivity contribution in [3.63, 3.8) is 0 Å². The largest absolute Gasteiger partial charge is 0.444 e. The quantitative estimate of drug-likeness (QED) is 0.895. The Kier molecular flexibility index (Phi) is 4.87. The van der Waals surface area contributed by atoms with Gasteiger partial charge in [0.15, 0.2) is 0 Å². The zero-order valence-corrected chi connectivity index (χ0v) is 13.1. The van der Waals surface area contributed by atoms with Crippen molar-refractivity contribution in [1.29, 1.82) is 0 Å². The van der Waals surface area contributed by atoms with Crippen LogP contribution in [-0.2, 0) is 9.47 Å². The molecule has 6 nitrogen and oxygen atoms in total. The van der Waals surface area contributed by atoms with Gasteiger partial charge in [-0.25, -0.2) is 9.18 Å². The third kappa shape index (κ3) is 4.32. The smallest absolute Gasteiger partial charge is 0.412 e. The van der Waals surface area contributed by atoms with Crippen LogP contribution in [0.25, 0.3) is 0 Å². The van der Waals surface area contributed by atoms with E-state index in [1.54, 1.807) is 26.8 Å². The first-order valence-electron chi connectivity index (χ1n) is 7.14. The Morgan fingerprint density at radius 3 is 2.82 bits per heavy atom. The second-order valence-corrected chi connectivity index (χ2v) is 6.17. The minimum atomic E-state index is -0.688. The molecule has 1 aromatic rings. The van der Waals surface area contributed by atoms with Crippen LogP contribution in [0.2, 0.25) is 0 Å². The Bertz CT molecular complexity index is 545. The van der Waals surface area contributed by atoms with E-state index >= 15 is 0 Å². The average molecular weight is 311 g/mol. The fourth-order valence-electron chi connectivity index (χ4n) is 2.08. The zero-order valence-electron chi connectivity index (χ0n) is 13.1. The van der Waals surface area contributed by atoms with E-state index in [4.69, 9.17) is 15.2 Å². The molecule has 1 aromatic carbocycles. The minimum Gasteiger partial charge on any atom is -0.444 e.